The number of nitrogens with zero attached hydrogens (tertiary/aromatic N) is 3. The van der Waals surface area contributed by atoms with E-state index in [4.69, 9.17) is 0 Å². The van der Waals surface area contributed by atoms with Crippen LogP contribution in [0.2, 0.25) is 0 Å². The number of benzene rings is 2. The summed E-state index contributed by atoms with van der Waals surface area (Å²) in [5.41, 5.74) is 1.58. The minimum atomic E-state index is -0.183. The Morgan fingerprint density at radius 2 is 1.77 bits per heavy atom. The second-order valence-electron chi connectivity index (χ2n) is 6.25. The van der Waals surface area contributed by atoms with E-state index >= 15 is 0 Å². The number of thioether (sulfide) groups is 1. The van der Waals surface area contributed by atoms with Crippen LogP contribution in [0.15, 0.2) is 64.5 Å². The van der Waals surface area contributed by atoms with E-state index < -0.39 is 0 Å². The molecule has 0 bridgehead atoms. The zero-order valence-electron chi connectivity index (χ0n) is 15.0. The van der Waals surface area contributed by atoms with Crippen molar-refractivity contribution in [1.29, 1.82) is 0 Å². The van der Waals surface area contributed by atoms with Crippen molar-refractivity contribution >= 4 is 28.6 Å². The van der Waals surface area contributed by atoms with Gasteiger partial charge in [0, 0.05) is 14.1 Å². The molecule has 3 aromatic rings. The Labute approximate surface area is 156 Å². The molecule has 0 aliphatic carbocycles. The molecule has 0 aliphatic heterocycles. The maximum atomic E-state index is 13.2. The highest BCUT2D eigenvalue weighted by atomic mass is 32.2. The molecule has 0 saturated heterocycles. The molecule has 1 amide bonds. The third-order valence-electron chi connectivity index (χ3n) is 4.27. The molecule has 0 fully saturated rings. The van der Waals surface area contributed by atoms with Gasteiger partial charge in [0.25, 0.3) is 5.56 Å². The fraction of sp³-hybridized carbons (Fsp3) is 0.250. The van der Waals surface area contributed by atoms with Crippen LogP contribution in [-0.2, 0) is 4.79 Å². The number of rotatable bonds is 5. The molecule has 1 aromatic heterocycles. The van der Waals surface area contributed by atoms with Crippen molar-refractivity contribution in [2.24, 2.45) is 0 Å². The number of carbonyl (C=O) groups excluding carboxylic acids is 1. The van der Waals surface area contributed by atoms with Crippen molar-refractivity contribution in [3.8, 4) is 0 Å². The molecular formula is C20H21N3O2S. The van der Waals surface area contributed by atoms with Crippen LogP contribution >= 0.6 is 11.8 Å². The molecule has 1 atom stereocenters. The number of hydrogen-bond acceptors (Lipinski definition) is 4. The fourth-order valence-electron chi connectivity index (χ4n) is 2.70. The predicted molar refractivity (Wildman–Crippen MR) is 106 cm³/mol. The van der Waals surface area contributed by atoms with Gasteiger partial charge in [-0.05, 0) is 24.6 Å². The summed E-state index contributed by atoms with van der Waals surface area (Å²) in [7, 11) is 3.44. The van der Waals surface area contributed by atoms with Gasteiger partial charge < -0.3 is 4.90 Å². The highest BCUT2D eigenvalue weighted by molar-refractivity contribution is 7.99. The third kappa shape index (κ3) is 3.65. The van der Waals surface area contributed by atoms with Gasteiger partial charge in [-0.3, -0.25) is 14.2 Å². The van der Waals surface area contributed by atoms with E-state index in [2.05, 4.69) is 4.98 Å². The van der Waals surface area contributed by atoms with Crippen LogP contribution in [0.25, 0.3) is 10.9 Å². The molecule has 0 radical (unpaired) electrons. The van der Waals surface area contributed by atoms with Gasteiger partial charge in [-0.15, -0.1) is 0 Å². The van der Waals surface area contributed by atoms with Crippen LogP contribution in [0.1, 0.15) is 18.5 Å². The minimum Gasteiger partial charge on any atom is -0.348 e. The number of para-hydroxylation sites is 1. The van der Waals surface area contributed by atoms with Gasteiger partial charge in [-0.25, -0.2) is 4.98 Å². The molecule has 5 nitrogen and oxygen atoms in total. The Kier molecular flexibility index (Phi) is 5.42. The van der Waals surface area contributed by atoms with Crippen molar-refractivity contribution in [1.82, 2.24) is 14.5 Å². The number of aromatic nitrogens is 2. The molecule has 6 heteroatoms. The Balaban J connectivity index is 2.11. The summed E-state index contributed by atoms with van der Waals surface area (Å²) in [5.74, 6) is 0.218. The first-order valence-corrected chi connectivity index (χ1v) is 9.36. The van der Waals surface area contributed by atoms with Crippen LogP contribution in [0.4, 0.5) is 0 Å². The van der Waals surface area contributed by atoms with E-state index in [0.29, 0.717) is 16.1 Å². The first-order valence-electron chi connectivity index (χ1n) is 8.38. The van der Waals surface area contributed by atoms with Gasteiger partial charge in [0.15, 0.2) is 5.16 Å². The average molecular weight is 367 g/mol. The Morgan fingerprint density at radius 3 is 2.46 bits per heavy atom. The molecule has 26 heavy (non-hydrogen) atoms. The Morgan fingerprint density at radius 1 is 1.12 bits per heavy atom. The third-order valence-corrected chi connectivity index (χ3v) is 5.21. The highest BCUT2D eigenvalue weighted by Gasteiger charge is 2.19. The molecule has 134 valence electrons. The molecule has 0 N–H and O–H groups in total. The van der Waals surface area contributed by atoms with Crippen molar-refractivity contribution in [3.63, 3.8) is 0 Å². The highest BCUT2D eigenvalue weighted by Crippen LogP contribution is 2.24. The van der Waals surface area contributed by atoms with Crippen LogP contribution in [0, 0.1) is 0 Å². The summed E-state index contributed by atoms with van der Waals surface area (Å²) >= 11 is 1.30. The summed E-state index contributed by atoms with van der Waals surface area (Å²) in [6, 6.07) is 17.0. The number of amides is 1. The van der Waals surface area contributed by atoms with Gasteiger partial charge in [-0.2, -0.15) is 0 Å². The molecule has 0 saturated carbocycles. The monoisotopic (exact) mass is 367 g/mol. The summed E-state index contributed by atoms with van der Waals surface area (Å²) in [5, 5.41) is 1.14. The van der Waals surface area contributed by atoms with Gasteiger partial charge in [0.2, 0.25) is 5.91 Å². The smallest absolute Gasteiger partial charge is 0.262 e. The zero-order chi connectivity index (χ0) is 18.7. The van der Waals surface area contributed by atoms with E-state index in [9.17, 15) is 9.59 Å². The standard InChI is InChI=1S/C20H21N3O2S/c1-14(15-9-5-4-6-10-15)23-19(25)16-11-7-8-12-17(16)21-20(23)26-13-18(24)22(2)3/h4-12,14H,13H2,1-3H3/t14-/m0/s1. The van der Waals surface area contributed by atoms with Gasteiger partial charge in [0.05, 0.1) is 22.7 Å². The normalized spacial score (nSPS) is 12.1. The van der Waals surface area contributed by atoms with Crippen LogP contribution in [0.3, 0.4) is 0 Å². The number of hydrogen-bond donors (Lipinski definition) is 0. The van der Waals surface area contributed by atoms with Crippen LogP contribution in [0.5, 0.6) is 0 Å². The van der Waals surface area contributed by atoms with Crippen LogP contribution < -0.4 is 5.56 Å². The topological polar surface area (TPSA) is 55.2 Å². The predicted octanol–water partition coefficient (Wildman–Crippen LogP) is 3.19. The maximum absolute atomic E-state index is 13.2. The number of fused-ring (bicyclic) bond motifs is 1. The summed E-state index contributed by atoms with van der Waals surface area (Å²) in [6.07, 6.45) is 0. The van der Waals surface area contributed by atoms with Crippen molar-refractivity contribution in [2.45, 2.75) is 18.1 Å². The lowest BCUT2D eigenvalue weighted by Crippen LogP contribution is -2.28. The SMILES string of the molecule is C[C@@H](c1ccccc1)n1c(SCC(=O)N(C)C)nc2ccccc2c1=O. The van der Waals surface area contributed by atoms with Gasteiger partial charge in [-0.1, -0.05) is 54.2 Å². The first-order chi connectivity index (χ1) is 12.5. The van der Waals surface area contributed by atoms with Crippen molar-refractivity contribution < 1.29 is 4.79 Å². The van der Waals surface area contributed by atoms with E-state index in [0.717, 1.165) is 5.56 Å². The lowest BCUT2D eigenvalue weighted by Gasteiger charge is -2.20. The zero-order valence-corrected chi connectivity index (χ0v) is 15.9. The molecule has 0 aliphatic rings. The Hall–Kier alpha value is -2.60. The van der Waals surface area contributed by atoms with Crippen molar-refractivity contribution in [3.05, 3.63) is 70.5 Å². The molecule has 3 rings (SSSR count). The average Bonchev–Trinajstić information content (AvgIpc) is 2.66. The first kappa shape index (κ1) is 18.2. The second-order valence-corrected chi connectivity index (χ2v) is 7.19. The lowest BCUT2D eigenvalue weighted by atomic mass is 10.1. The van der Waals surface area contributed by atoms with E-state index in [1.54, 1.807) is 24.7 Å². The van der Waals surface area contributed by atoms with E-state index in [1.165, 1.54) is 16.7 Å². The fourth-order valence-corrected chi connectivity index (χ4v) is 3.76. The van der Waals surface area contributed by atoms with Gasteiger partial charge >= 0.3 is 0 Å². The second kappa shape index (κ2) is 7.74. The number of carbonyl (C=O) groups is 1. The molecule has 1 heterocycles. The summed E-state index contributed by atoms with van der Waals surface area (Å²) < 4.78 is 1.69. The molecular weight excluding hydrogens is 346 g/mol. The van der Waals surface area contributed by atoms with Gasteiger partial charge in [0.1, 0.15) is 0 Å². The summed E-state index contributed by atoms with van der Waals surface area (Å²) in [4.78, 5) is 31.4. The van der Waals surface area contributed by atoms with Crippen molar-refractivity contribution in [2.75, 3.05) is 19.8 Å². The molecule has 0 spiro atoms. The maximum Gasteiger partial charge on any atom is 0.262 e. The molecule has 2 aromatic carbocycles. The summed E-state index contributed by atoms with van der Waals surface area (Å²) in [6.45, 7) is 1.98. The van der Waals surface area contributed by atoms with E-state index in [1.807, 2.05) is 55.5 Å². The largest absolute Gasteiger partial charge is 0.348 e. The lowest BCUT2D eigenvalue weighted by molar-refractivity contribution is -0.125. The Bertz CT molecular complexity index is 983. The molecule has 0 unspecified atom stereocenters. The quantitative estimate of drug-likeness (QED) is 0.513. The van der Waals surface area contributed by atoms with E-state index in [-0.39, 0.29) is 23.3 Å². The van der Waals surface area contributed by atoms with Crippen LogP contribution in [-0.4, -0.2) is 40.2 Å². The minimum absolute atomic E-state index is 0.0173.